The molecular formula is C19H24N2O6S2. The molecular weight excluding hydrogens is 416 g/mol. The summed E-state index contributed by atoms with van der Waals surface area (Å²) in [4.78, 5) is 26.0. The molecule has 8 nitrogen and oxygen atoms in total. The van der Waals surface area contributed by atoms with Crippen LogP contribution in [0.25, 0.3) is 0 Å². The molecule has 0 radical (unpaired) electrons. The van der Waals surface area contributed by atoms with Gasteiger partial charge in [-0.05, 0) is 42.7 Å². The quantitative estimate of drug-likeness (QED) is 0.532. The van der Waals surface area contributed by atoms with Crippen molar-refractivity contribution >= 4 is 33.7 Å². The van der Waals surface area contributed by atoms with Gasteiger partial charge < -0.3 is 14.1 Å². The molecule has 0 aliphatic heterocycles. The average Bonchev–Trinajstić information content (AvgIpc) is 3.22. The van der Waals surface area contributed by atoms with Gasteiger partial charge in [0, 0.05) is 7.05 Å². The molecule has 0 bridgehead atoms. The number of carbonyl (C=O) groups is 2. The summed E-state index contributed by atoms with van der Waals surface area (Å²) in [5, 5.41) is 0. The van der Waals surface area contributed by atoms with E-state index in [9.17, 15) is 18.0 Å². The highest BCUT2D eigenvalue weighted by molar-refractivity contribution is 7.98. The van der Waals surface area contributed by atoms with Crippen LogP contribution in [0.5, 0.6) is 0 Å². The number of amides is 1. The van der Waals surface area contributed by atoms with Gasteiger partial charge in [0.05, 0.1) is 17.7 Å². The van der Waals surface area contributed by atoms with Crippen molar-refractivity contribution in [2.24, 2.45) is 0 Å². The molecule has 2 rings (SSSR count). The smallest absolute Gasteiger partial charge is 0.324 e. The van der Waals surface area contributed by atoms with Crippen molar-refractivity contribution in [2.45, 2.75) is 23.9 Å². The van der Waals surface area contributed by atoms with Gasteiger partial charge in [0.15, 0.2) is 6.61 Å². The summed E-state index contributed by atoms with van der Waals surface area (Å²) >= 11 is 1.47. The summed E-state index contributed by atoms with van der Waals surface area (Å²) in [7, 11) is -2.33. The van der Waals surface area contributed by atoms with Gasteiger partial charge in [-0.25, -0.2) is 8.42 Å². The Bertz CT molecular complexity index is 885. The number of furan rings is 1. The molecule has 1 aromatic carbocycles. The van der Waals surface area contributed by atoms with Gasteiger partial charge in [0.25, 0.3) is 5.91 Å². The van der Waals surface area contributed by atoms with Crippen molar-refractivity contribution in [3.8, 4) is 0 Å². The maximum Gasteiger partial charge on any atom is 0.324 e. The van der Waals surface area contributed by atoms with Gasteiger partial charge in [-0.15, -0.1) is 0 Å². The van der Waals surface area contributed by atoms with E-state index in [2.05, 4.69) is 4.72 Å². The van der Waals surface area contributed by atoms with Gasteiger partial charge in [0.1, 0.15) is 11.8 Å². The lowest BCUT2D eigenvalue weighted by Gasteiger charge is -2.19. The summed E-state index contributed by atoms with van der Waals surface area (Å²) in [6.07, 6.45) is 3.59. The van der Waals surface area contributed by atoms with Gasteiger partial charge >= 0.3 is 5.97 Å². The highest BCUT2D eigenvalue weighted by Crippen LogP contribution is 2.11. The zero-order valence-electron chi connectivity index (χ0n) is 16.2. The predicted molar refractivity (Wildman–Crippen MR) is 110 cm³/mol. The average molecular weight is 441 g/mol. The molecule has 0 saturated heterocycles. The molecule has 2 aromatic rings. The van der Waals surface area contributed by atoms with E-state index in [0.29, 0.717) is 11.5 Å². The third-order valence-corrected chi connectivity index (χ3v) is 6.11. The number of nitrogens with one attached hydrogen (secondary N) is 1. The number of rotatable bonds is 11. The molecule has 29 heavy (non-hydrogen) atoms. The van der Waals surface area contributed by atoms with E-state index in [1.165, 1.54) is 35.1 Å². The van der Waals surface area contributed by atoms with E-state index in [0.717, 1.165) is 0 Å². The van der Waals surface area contributed by atoms with Crippen molar-refractivity contribution in [3.63, 3.8) is 0 Å². The molecule has 1 amide bonds. The van der Waals surface area contributed by atoms with Crippen molar-refractivity contribution in [1.29, 1.82) is 0 Å². The number of benzene rings is 1. The van der Waals surface area contributed by atoms with Crippen molar-refractivity contribution in [3.05, 3.63) is 54.5 Å². The van der Waals surface area contributed by atoms with Crippen LogP contribution >= 0.6 is 11.8 Å². The van der Waals surface area contributed by atoms with Gasteiger partial charge in [-0.2, -0.15) is 16.5 Å². The van der Waals surface area contributed by atoms with E-state index in [-0.39, 0.29) is 17.9 Å². The Hall–Kier alpha value is -2.30. The molecule has 158 valence electrons. The number of likely N-dealkylation sites (N-methyl/N-ethyl adjacent to an activating group) is 1. The largest absolute Gasteiger partial charge is 0.467 e. The molecule has 0 aliphatic rings. The number of ether oxygens (including phenoxy) is 1. The van der Waals surface area contributed by atoms with Crippen LogP contribution in [0.3, 0.4) is 0 Å². The molecule has 0 saturated carbocycles. The zero-order chi connectivity index (χ0) is 21.3. The van der Waals surface area contributed by atoms with Crippen LogP contribution in [-0.4, -0.2) is 56.9 Å². The minimum Gasteiger partial charge on any atom is -0.467 e. The number of esters is 1. The van der Waals surface area contributed by atoms with Crippen LogP contribution in [0.2, 0.25) is 0 Å². The van der Waals surface area contributed by atoms with Crippen LogP contribution in [-0.2, 0) is 30.9 Å². The van der Waals surface area contributed by atoms with Crippen LogP contribution in [0, 0.1) is 0 Å². The highest BCUT2D eigenvalue weighted by atomic mass is 32.2. The van der Waals surface area contributed by atoms with Gasteiger partial charge in [-0.3, -0.25) is 9.59 Å². The summed E-state index contributed by atoms with van der Waals surface area (Å²) in [5.41, 5.74) is 0. The van der Waals surface area contributed by atoms with Crippen LogP contribution in [0.4, 0.5) is 0 Å². The number of sulfonamides is 1. The molecule has 0 fully saturated rings. The summed E-state index contributed by atoms with van der Waals surface area (Å²) in [6.45, 7) is -0.251. The summed E-state index contributed by atoms with van der Waals surface area (Å²) in [5.74, 6) is -0.0769. The first kappa shape index (κ1) is 23.0. The Kier molecular flexibility index (Phi) is 8.74. The maximum absolute atomic E-state index is 12.5. The van der Waals surface area contributed by atoms with Crippen molar-refractivity contribution in [2.75, 3.05) is 25.7 Å². The Labute approximate surface area is 174 Å². The van der Waals surface area contributed by atoms with Crippen LogP contribution in [0.1, 0.15) is 12.2 Å². The third-order valence-electron chi connectivity index (χ3n) is 3.98. The van der Waals surface area contributed by atoms with E-state index in [1.54, 1.807) is 37.4 Å². The second-order valence-corrected chi connectivity index (χ2v) is 8.90. The Morgan fingerprint density at radius 3 is 2.55 bits per heavy atom. The van der Waals surface area contributed by atoms with E-state index in [4.69, 9.17) is 9.15 Å². The Morgan fingerprint density at radius 2 is 1.93 bits per heavy atom. The predicted octanol–water partition coefficient (Wildman–Crippen LogP) is 1.88. The number of hydrogen-bond acceptors (Lipinski definition) is 7. The molecule has 1 atom stereocenters. The molecule has 0 spiro atoms. The second-order valence-electron chi connectivity index (χ2n) is 6.21. The van der Waals surface area contributed by atoms with E-state index >= 15 is 0 Å². The molecule has 1 N–H and O–H groups in total. The second kappa shape index (κ2) is 11.0. The standard InChI is InChI=1S/C19H24N2O6S2/c1-21(13-15-7-6-11-26-15)18(22)14-27-19(23)17(10-12-28-2)20-29(24,25)16-8-4-3-5-9-16/h3-9,11,17,20H,10,12-14H2,1-2H3. The highest BCUT2D eigenvalue weighted by Gasteiger charge is 2.27. The fourth-order valence-electron chi connectivity index (χ4n) is 2.38. The van der Waals surface area contributed by atoms with Crippen LogP contribution < -0.4 is 4.72 Å². The molecule has 1 heterocycles. The summed E-state index contributed by atoms with van der Waals surface area (Å²) in [6, 6.07) is 10.1. The first-order chi connectivity index (χ1) is 13.8. The van der Waals surface area contributed by atoms with E-state index < -0.39 is 34.5 Å². The lowest BCUT2D eigenvalue weighted by molar-refractivity contribution is -0.153. The summed E-state index contributed by atoms with van der Waals surface area (Å²) < 4.78 is 37.7. The first-order valence-corrected chi connectivity index (χ1v) is 11.7. The van der Waals surface area contributed by atoms with Crippen molar-refractivity contribution in [1.82, 2.24) is 9.62 Å². The van der Waals surface area contributed by atoms with Crippen LogP contribution in [0.15, 0.2) is 58.0 Å². The minimum atomic E-state index is -3.89. The lowest BCUT2D eigenvalue weighted by atomic mass is 10.2. The number of nitrogens with zero attached hydrogens (tertiary/aromatic N) is 1. The Morgan fingerprint density at radius 1 is 1.21 bits per heavy atom. The molecule has 1 aromatic heterocycles. The monoisotopic (exact) mass is 440 g/mol. The first-order valence-electron chi connectivity index (χ1n) is 8.83. The zero-order valence-corrected chi connectivity index (χ0v) is 17.9. The minimum absolute atomic E-state index is 0.0520. The Balaban J connectivity index is 1.96. The maximum atomic E-state index is 12.5. The SMILES string of the molecule is CSCCC(NS(=O)(=O)c1ccccc1)C(=O)OCC(=O)N(C)Cc1ccco1. The number of carbonyl (C=O) groups excluding carboxylic acids is 2. The molecule has 1 unspecified atom stereocenters. The molecule has 10 heteroatoms. The van der Waals surface area contributed by atoms with Crippen molar-refractivity contribution < 1.29 is 27.2 Å². The number of hydrogen-bond donors (Lipinski definition) is 1. The normalized spacial score (nSPS) is 12.3. The molecule has 0 aliphatic carbocycles. The van der Waals surface area contributed by atoms with Gasteiger partial charge in [0.2, 0.25) is 10.0 Å². The van der Waals surface area contributed by atoms with Gasteiger partial charge in [-0.1, -0.05) is 18.2 Å². The van der Waals surface area contributed by atoms with E-state index in [1.807, 2.05) is 6.26 Å². The number of thioether (sulfide) groups is 1. The fourth-order valence-corrected chi connectivity index (χ4v) is 4.10. The third kappa shape index (κ3) is 7.22. The lowest BCUT2D eigenvalue weighted by Crippen LogP contribution is -2.43. The fraction of sp³-hybridized carbons (Fsp3) is 0.368. The topological polar surface area (TPSA) is 106 Å².